The van der Waals surface area contributed by atoms with Crippen molar-refractivity contribution in [3.05, 3.63) is 31.7 Å². The molecule has 0 fully saturated rings. The van der Waals surface area contributed by atoms with E-state index in [4.69, 9.17) is 23.2 Å². The van der Waals surface area contributed by atoms with Crippen LogP contribution >= 0.6 is 55.1 Å². The summed E-state index contributed by atoms with van der Waals surface area (Å²) in [6.07, 6.45) is 0. The summed E-state index contributed by atoms with van der Waals surface area (Å²) in [6.45, 7) is 0. The zero-order valence-corrected chi connectivity index (χ0v) is 11.0. The number of Topliss-reactive ketones (excluding diaryl/α,β-unsaturated/α-hetero) is 1. The lowest BCUT2D eigenvalue weighted by Crippen LogP contribution is -2.01. The highest BCUT2D eigenvalue weighted by atomic mass is 79.9. The van der Waals surface area contributed by atoms with Crippen molar-refractivity contribution in [1.82, 2.24) is 0 Å². The Morgan fingerprint density at radius 3 is 2.54 bits per heavy atom. The predicted molar refractivity (Wildman–Crippen MR) is 61.9 cm³/mol. The van der Waals surface area contributed by atoms with Crippen molar-refractivity contribution in [3.63, 3.8) is 0 Å². The summed E-state index contributed by atoms with van der Waals surface area (Å²) in [5.74, 6) is -0.242. The Bertz CT molecular complexity index is 352. The van der Waals surface area contributed by atoms with Gasteiger partial charge in [0.2, 0.25) is 0 Å². The Labute approximate surface area is 103 Å². The van der Waals surface area contributed by atoms with E-state index in [1.165, 1.54) is 0 Å². The molecule has 70 valence electrons. The summed E-state index contributed by atoms with van der Waals surface area (Å²) < 4.78 is 1.48. The van der Waals surface area contributed by atoms with E-state index in [0.717, 1.165) is 4.47 Å². The average molecular weight is 347 g/mol. The Morgan fingerprint density at radius 2 is 2.00 bits per heavy atom. The van der Waals surface area contributed by atoms with Gasteiger partial charge in [-0.15, -0.1) is 11.6 Å². The van der Waals surface area contributed by atoms with E-state index >= 15 is 0 Å². The van der Waals surface area contributed by atoms with E-state index in [9.17, 15) is 4.79 Å². The fraction of sp³-hybridized carbons (Fsp3) is 0.125. The monoisotopic (exact) mass is 344 g/mol. The zero-order chi connectivity index (χ0) is 10.0. The topological polar surface area (TPSA) is 17.1 Å². The van der Waals surface area contributed by atoms with Crippen molar-refractivity contribution in [2.45, 2.75) is 0 Å². The standard InChI is InChI=1S/C8H4Br2Cl2O/c9-5-2-1-4(6(13)3-11)8(12)7(5)10/h1-2H,3H2. The largest absolute Gasteiger partial charge is 0.293 e. The molecule has 13 heavy (non-hydrogen) atoms. The molecule has 0 saturated carbocycles. The van der Waals surface area contributed by atoms with E-state index in [2.05, 4.69) is 31.9 Å². The minimum atomic E-state index is -0.181. The van der Waals surface area contributed by atoms with Crippen LogP contribution in [0.2, 0.25) is 5.02 Å². The molecule has 0 amide bonds. The molecule has 0 aromatic heterocycles. The molecular formula is C8H4Br2Cl2O. The van der Waals surface area contributed by atoms with Gasteiger partial charge in [0.05, 0.1) is 15.4 Å². The zero-order valence-electron chi connectivity index (χ0n) is 6.28. The second kappa shape index (κ2) is 4.78. The molecule has 1 aromatic carbocycles. The van der Waals surface area contributed by atoms with Crippen LogP contribution < -0.4 is 0 Å². The summed E-state index contributed by atoms with van der Waals surface area (Å²) in [6, 6.07) is 3.39. The molecule has 1 rings (SSSR count). The van der Waals surface area contributed by atoms with Crippen molar-refractivity contribution in [2.24, 2.45) is 0 Å². The second-order valence-electron chi connectivity index (χ2n) is 2.28. The van der Waals surface area contributed by atoms with E-state index < -0.39 is 0 Å². The summed E-state index contributed by atoms with van der Waals surface area (Å²) >= 11 is 17.9. The number of alkyl halides is 1. The Hall–Kier alpha value is 0.430. The maximum Gasteiger partial charge on any atom is 0.179 e. The molecule has 1 nitrogen and oxygen atoms in total. The molecule has 0 unspecified atom stereocenters. The Morgan fingerprint density at radius 1 is 1.38 bits per heavy atom. The van der Waals surface area contributed by atoms with Gasteiger partial charge in [0.1, 0.15) is 0 Å². The predicted octanol–water partition coefficient (Wildman–Crippen LogP) is 4.29. The lowest BCUT2D eigenvalue weighted by atomic mass is 10.1. The van der Waals surface area contributed by atoms with Crippen LogP contribution in [0, 0.1) is 0 Å². The third kappa shape index (κ3) is 2.46. The molecule has 0 heterocycles. The highest BCUT2D eigenvalue weighted by Gasteiger charge is 2.13. The van der Waals surface area contributed by atoms with E-state index in [-0.39, 0.29) is 11.7 Å². The van der Waals surface area contributed by atoms with Gasteiger partial charge in [-0.25, -0.2) is 0 Å². The van der Waals surface area contributed by atoms with Crippen LogP contribution in [0.15, 0.2) is 21.1 Å². The van der Waals surface area contributed by atoms with Crippen LogP contribution in [-0.4, -0.2) is 11.7 Å². The number of carbonyl (C=O) groups excluding carboxylic acids is 1. The first-order valence-corrected chi connectivity index (χ1v) is 5.80. The van der Waals surface area contributed by atoms with Crippen LogP contribution in [0.1, 0.15) is 10.4 Å². The first-order valence-electron chi connectivity index (χ1n) is 3.30. The first kappa shape index (κ1) is 11.5. The van der Waals surface area contributed by atoms with E-state index in [1.54, 1.807) is 12.1 Å². The number of carbonyl (C=O) groups is 1. The van der Waals surface area contributed by atoms with Gasteiger partial charge < -0.3 is 0 Å². The molecule has 0 saturated heterocycles. The second-order valence-corrected chi connectivity index (χ2v) is 4.57. The molecule has 0 atom stereocenters. The van der Waals surface area contributed by atoms with E-state index in [0.29, 0.717) is 15.1 Å². The van der Waals surface area contributed by atoms with Gasteiger partial charge in [-0.3, -0.25) is 4.79 Å². The SMILES string of the molecule is O=C(CCl)c1ccc(Br)c(Br)c1Cl. The fourth-order valence-corrected chi connectivity index (χ4v) is 2.02. The summed E-state index contributed by atoms with van der Waals surface area (Å²) in [7, 11) is 0. The molecule has 0 aliphatic carbocycles. The first-order chi connectivity index (χ1) is 6.07. The van der Waals surface area contributed by atoms with Gasteiger partial charge in [0, 0.05) is 10.0 Å². The normalized spacial score (nSPS) is 10.2. The maximum atomic E-state index is 11.2. The van der Waals surface area contributed by atoms with Crippen LogP contribution in [0.3, 0.4) is 0 Å². The van der Waals surface area contributed by atoms with Crippen molar-refractivity contribution in [1.29, 1.82) is 0 Å². The molecule has 5 heteroatoms. The highest BCUT2D eigenvalue weighted by molar-refractivity contribution is 9.13. The molecule has 0 N–H and O–H groups in total. The van der Waals surface area contributed by atoms with Gasteiger partial charge in [-0.2, -0.15) is 0 Å². The van der Waals surface area contributed by atoms with Crippen LogP contribution in [0.25, 0.3) is 0 Å². The number of rotatable bonds is 2. The minimum Gasteiger partial charge on any atom is -0.293 e. The number of hydrogen-bond acceptors (Lipinski definition) is 1. The molecule has 0 radical (unpaired) electrons. The lowest BCUT2D eigenvalue weighted by Gasteiger charge is -2.04. The quantitative estimate of drug-likeness (QED) is 0.443. The average Bonchev–Trinajstić information content (AvgIpc) is 2.13. The molecule has 0 spiro atoms. The number of ketones is 1. The molecule has 0 aliphatic rings. The molecular weight excluding hydrogens is 343 g/mol. The molecule has 1 aromatic rings. The van der Waals surface area contributed by atoms with E-state index in [1.807, 2.05) is 0 Å². The van der Waals surface area contributed by atoms with Gasteiger partial charge >= 0.3 is 0 Å². The van der Waals surface area contributed by atoms with Gasteiger partial charge in [-0.05, 0) is 44.0 Å². The minimum absolute atomic E-state index is 0.0617. The van der Waals surface area contributed by atoms with Crippen molar-refractivity contribution < 1.29 is 4.79 Å². The van der Waals surface area contributed by atoms with Gasteiger partial charge in [0.15, 0.2) is 5.78 Å². The molecule has 0 aliphatic heterocycles. The lowest BCUT2D eigenvalue weighted by molar-refractivity contribution is 0.102. The fourth-order valence-electron chi connectivity index (χ4n) is 0.813. The number of benzene rings is 1. The van der Waals surface area contributed by atoms with Gasteiger partial charge in [-0.1, -0.05) is 11.6 Å². The summed E-state index contributed by atoms with van der Waals surface area (Å²) in [5.41, 5.74) is 0.437. The van der Waals surface area contributed by atoms with Crippen LogP contribution in [0.4, 0.5) is 0 Å². The maximum absolute atomic E-state index is 11.2. The molecule has 0 bridgehead atoms. The Kier molecular flexibility index (Phi) is 4.23. The van der Waals surface area contributed by atoms with Crippen LogP contribution in [-0.2, 0) is 0 Å². The third-order valence-corrected chi connectivity index (χ3v) is 4.34. The number of halogens is 4. The summed E-state index contributed by atoms with van der Waals surface area (Å²) in [5, 5.41) is 0.389. The smallest absolute Gasteiger partial charge is 0.179 e. The third-order valence-electron chi connectivity index (χ3n) is 1.46. The van der Waals surface area contributed by atoms with Crippen LogP contribution in [0.5, 0.6) is 0 Å². The van der Waals surface area contributed by atoms with Gasteiger partial charge in [0.25, 0.3) is 0 Å². The van der Waals surface area contributed by atoms with Crippen molar-refractivity contribution in [3.8, 4) is 0 Å². The van der Waals surface area contributed by atoms with Crippen molar-refractivity contribution >= 4 is 60.8 Å². The summed E-state index contributed by atoms with van der Waals surface area (Å²) in [4.78, 5) is 11.2. The number of hydrogen-bond donors (Lipinski definition) is 0. The van der Waals surface area contributed by atoms with Crippen molar-refractivity contribution in [2.75, 3.05) is 5.88 Å². The Balaban J connectivity index is 3.26. The highest BCUT2D eigenvalue weighted by Crippen LogP contribution is 2.33.